The van der Waals surface area contributed by atoms with E-state index in [0.717, 1.165) is 29.8 Å². The van der Waals surface area contributed by atoms with Gasteiger partial charge in [-0.05, 0) is 54.8 Å². The van der Waals surface area contributed by atoms with Crippen molar-refractivity contribution in [2.45, 2.75) is 33.4 Å². The molecule has 16 heavy (non-hydrogen) atoms. The first-order valence-electron chi connectivity index (χ1n) is 5.62. The number of thioether (sulfide) groups is 1. The standard InChI is InChI=1S/C11H20BrN3S/c1-4-15-10(11(12)9(2)14-15)8-13-6-5-7-16-3/h13H,4-8H2,1-3H3. The number of hydrogen-bond acceptors (Lipinski definition) is 3. The van der Waals surface area contributed by atoms with Crippen molar-refractivity contribution in [2.75, 3.05) is 18.6 Å². The quantitative estimate of drug-likeness (QED) is 0.786. The summed E-state index contributed by atoms with van der Waals surface area (Å²) < 4.78 is 3.20. The summed E-state index contributed by atoms with van der Waals surface area (Å²) >= 11 is 5.49. The van der Waals surface area contributed by atoms with Gasteiger partial charge in [-0.2, -0.15) is 16.9 Å². The SMILES string of the molecule is CCn1nc(C)c(Br)c1CNCCCSC. The van der Waals surface area contributed by atoms with Crippen LogP contribution in [-0.2, 0) is 13.1 Å². The minimum Gasteiger partial charge on any atom is -0.311 e. The molecular weight excluding hydrogens is 286 g/mol. The molecule has 1 aromatic rings. The van der Waals surface area contributed by atoms with E-state index >= 15 is 0 Å². The van der Waals surface area contributed by atoms with Crippen LogP contribution in [0.1, 0.15) is 24.7 Å². The van der Waals surface area contributed by atoms with Crippen LogP contribution in [0.5, 0.6) is 0 Å². The number of aromatic nitrogens is 2. The smallest absolute Gasteiger partial charge is 0.0739 e. The maximum Gasteiger partial charge on any atom is 0.0739 e. The predicted octanol–water partition coefficient (Wildman–Crippen LogP) is 2.82. The van der Waals surface area contributed by atoms with E-state index in [1.165, 1.54) is 17.9 Å². The van der Waals surface area contributed by atoms with Crippen molar-refractivity contribution in [3.05, 3.63) is 15.9 Å². The average molecular weight is 306 g/mol. The summed E-state index contributed by atoms with van der Waals surface area (Å²) in [6.45, 7) is 7.04. The highest BCUT2D eigenvalue weighted by atomic mass is 79.9. The van der Waals surface area contributed by atoms with Gasteiger partial charge in [-0.25, -0.2) is 0 Å². The molecule has 0 atom stereocenters. The van der Waals surface area contributed by atoms with Gasteiger partial charge in [0.25, 0.3) is 0 Å². The molecule has 0 saturated heterocycles. The summed E-state index contributed by atoms with van der Waals surface area (Å²) in [6, 6.07) is 0. The fourth-order valence-electron chi connectivity index (χ4n) is 1.59. The van der Waals surface area contributed by atoms with Gasteiger partial charge in [-0.3, -0.25) is 4.68 Å². The maximum atomic E-state index is 4.47. The van der Waals surface area contributed by atoms with Crippen molar-refractivity contribution in [3.8, 4) is 0 Å². The minimum absolute atomic E-state index is 0.893. The van der Waals surface area contributed by atoms with Crippen LogP contribution in [0.15, 0.2) is 4.47 Å². The Bertz CT molecular complexity index is 325. The monoisotopic (exact) mass is 305 g/mol. The molecule has 0 amide bonds. The topological polar surface area (TPSA) is 29.9 Å². The molecule has 5 heteroatoms. The van der Waals surface area contributed by atoms with Gasteiger partial charge >= 0.3 is 0 Å². The van der Waals surface area contributed by atoms with Gasteiger partial charge in [0.2, 0.25) is 0 Å². The van der Waals surface area contributed by atoms with E-state index in [2.05, 4.69) is 44.2 Å². The molecule has 0 fully saturated rings. The molecule has 1 aromatic heterocycles. The van der Waals surface area contributed by atoms with E-state index in [-0.39, 0.29) is 0 Å². The summed E-state index contributed by atoms with van der Waals surface area (Å²) in [5, 5.41) is 7.93. The van der Waals surface area contributed by atoms with Crippen LogP contribution in [-0.4, -0.2) is 28.3 Å². The zero-order valence-corrected chi connectivity index (χ0v) is 12.6. The second-order valence-corrected chi connectivity index (χ2v) is 5.46. The molecule has 0 aliphatic rings. The molecule has 92 valence electrons. The molecule has 0 radical (unpaired) electrons. The van der Waals surface area contributed by atoms with Crippen molar-refractivity contribution in [2.24, 2.45) is 0 Å². The van der Waals surface area contributed by atoms with Gasteiger partial charge < -0.3 is 5.32 Å². The first-order valence-corrected chi connectivity index (χ1v) is 7.80. The highest BCUT2D eigenvalue weighted by Gasteiger charge is 2.10. The van der Waals surface area contributed by atoms with Crippen molar-refractivity contribution >= 4 is 27.7 Å². The third kappa shape index (κ3) is 3.79. The third-order valence-corrected chi connectivity index (χ3v) is 4.18. The lowest BCUT2D eigenvalue weighted by atomic mass is 10.3. The highest BCUT2D eigenvalue weighted by molar-refractivity contribution is 9.10. The summed E-state index contributed by atoms with van der Waals surface area (Å²) in [5.74, 6) is 1.22. The fourth-order valence-corrected chi connectivity index (χ4v) is 2.44. The molecule has 0 bridgehead atoms. The van der Waals surface area contributed by atoms with Crippen LogP contribution >= 0.6 is 27.7 Å². The number of nitrogens with zero attached hydrogens (tertiary/aromatic N) is 2. The number of nitrogens with one attached hydrogen (secondary N) is 1. The van der Waals surface area contributed by atoms with Gasteiger partial charge in [0, 0.05) is 13.1 Å². The molecule has 0 unspecified atom stereocenters. The molecule has 0 aliphatic carbocycles. The number of halogens is 1. The molecule has 0 spiro atoms. The van der Waals surface area contributed by atoms with Crippen LogP contribution in [0.25, 0.3) is 0 Å². The second-order valence-electron chi connectivity index (χ2n) is 3.68. The summed E-state index contributed by atoms with van der Waals surface area (Å²) in [4.78, 5) is 0. The van der Waals surface area contributed by atoms with Gasteiger partial charge in [0.05, 0.1) is 15.9 Å². The molecule has 0 saturated carbocycles. The lowest BCUT2D eigenvalue weighted by Gasteiger charge is -2.07. The van der Waals surface area contributed by atoms with Crippen molar-refractivity contribution in [1.82, 2.24) is 15.1 Å². The van der Waals surface area contributed by atoms with Crippen molar-refractivity contribution in [1.29, 1.82) is 0 Å². The van der Waals surface area contributed by atoms with Crippen LogP contribution in [0.2, 0.25) is 0 Å². The van der Waals surface area contributed by atoms with Crippen molar-refractivity contribution < 1.29 is 0 Å². The summed E-state index contributed by atoms with van der Waals surface area (Å²) in [7, 11) is 0. The third-order valence-electron chi connectivity index (χ3n) is 2.45. The lowest BCUT2D eigenvalue weighted by Crippen LogP contribution is -2.18. The molecular formula is C11H20BrN3S. The van der Waals surface area contributed by atoms with Crippen LogP contribution < -0.4 is 5.32 Å². The van der Waals surface area contributed by atoms with E-state index < -0.39 is 0 Å². The Morgan fingerprint density at radius 1 is 1.50 bits per heavy atom. The van der Waals surface area contributed by atoms with Gasteiger partial charge in [0.1, 0.15) is 0 Å². The Labute approximate surface area is 110 Å². The van der Waals surface area contributed by atoms with Gasteiger partial charge in [-0.1, -0.05) is 0 Å². The predicted molar refractivity (Wildman–Crippen MR) is 75.0 cm³/mol. The van der Waals surface area contributed by atoms with Crippen molar-refractivity contribution in [3.63, 3.8) is 0 Å². The lowest BCUT2D eigenvalue weighted by molar-refractivity contribution is 0.577. The molecule has 1 rings (SSSR count). The van der Waals surface area contributed by atoms with Crippen LogP contribution in [0.3, 0.4) is 0 Å². The summed E-state index contributed by atoms with van der Waals surface area (Å²) in [6.07, 6.45) is 3.37. The highest BCUT2D eigenvalue weighted by Crippen LogP contribution is 2.20. The van der Waals surface area contributed by atoms with E-state index in [0.29, 0.717) is 0 Å². The maximum absolute atomic E-state index is 4.47. The number of aryl methyl sites for hydroxylation is 2. The molecule has 3 nitrogen and oxygen atoms in total. The summed E-state index contributed by atoms with van der Waals surface area (Å²) in [5.41, 5.74) is 2.33. The number of hydrogen-bond donors (Lipinski definition) is 1. The minimum atomic E-state index is 0.893. The Morgan fingerprint density at radius 2 is 2.25 bits per heavy atom. The van der Waals surface area contributed by atoms with Gasteiger partial charge in [-0.15, -0.1) is 0 Å². The van der Waals surface area contributed by atoms with Crippen LogP contribution in [0, 0.1) is 6.92 Å². The molecule has 1 heterocycles. The first-order chi connectivity index (χ1) is 7.70. The van der Waals surface area contributed by atoms with Crippen LogP contribution in [0.4, 0.5) is 0 Å². The Kier molecular flexibility index (Phi) is 6.46. The zero-order chi connectivity index (χ0) is 12.0. The van der Waals surface area contributed by atoms with Gasteiger partial charge in [0.15, 0.2) is 0 Å². The fraction of sp³-hybridized carbons (Fsp3) is 0.727. The Morgan fingerprint density at radius 3 is 2.88 bits per heavy atom. The van der Waals surface area contributed by atoms with E-state index in [4.69, 9.17) is 0 Å². The number of rotatable bonds is 7. The zero-order valence-electron chi connectivity index (χ0n) is 10.2. The first kappa shape index (κ1) is 14.1. The normalized spacial score (nSPS) is 11.0. The Balaban J connectivity index is 2.46. The largest absolute Gasteiger partial charge is 0.311 e. The van der Waals surface area contributed by atoms with E-state index in [1.807, 2.05) is 18.7 Å². The average Bonchev–Trinajstić information content (AvgIpc) is 2.56. The second kappa shape index (κ2) is 7.35. The molecule has 0 aliphatic heterocycles. The molecule has 1 N–H and O–H groups in total. The Hall–Kier alpha value is -0.0000000000000000555. The van der Waals surface area contributed by atoms with E-state index in [1.54, 1.807) is 0 Å². The molecule has 0 aromatic carbocycles. The van der Waals surface area contributed by atoms with E-state index in [9.17, 15) is 0 Å².